The quantitative estimate of drug-likeness (QED) is 0.561. The number of hydrogen-bond donors (Lipinski definition) is 1. The first kappa shape index (κ1) is 10.7. The summed E-state index contributed by atoms with van der Waals surface area (Å²) in [4.78, 5) is 32.5. The zero-order valence-corrected chi connectivity index (χ0v) is 7.67. The molecule has 0 aliphatic rings. The van der Waals surface area contributed by atoms with Crippen molar-refractivity contribution in [2.45, 2.75) is 0 Å². The number of aromatic nitrogens is 3. The Hall–Kier alpha value is -2.37. The fourth-order valence-electron chi connectivity index (χ4n) is 0.768. The normalized spacial score (nSPS) is 9.33. The highest BCUT2D eigenvalue weighted by Gasteiger charge is 2.13. The van der Waals surface area contributed by atoms with Gasteiger partial charge in [-0.25, -0.2) is 4.98 Å². The van der Waals surface area contributed by atoms with Gasteiger partial charge in [0.15, 0.2) is 0 Å². The zero-order valence-electron chi connectivity index (χ0n) is 7.67. The van der Waals surface area contributed by atoms with Crippen LogP contribution in [0.4, 0.5) is 0 Å². The van der Waals surface area contributed by atoms with Crippen LogP contribution in [-0.4, -0.2) is 31.6 Å². The molecule has 1 rings (SSSR count). The number of nitrogens with zero attached hydrogens (tertiary/aromatic N) is 3. The first-order valence-corrected chi connectivity index (χ1v) is 3.87. The molecule has 0 amide bonds. The summed E-state index contributed by atoms with van der Waals surface area (Å²) in [6.07, 6.45) is 1.94. The highest BCUT2D eigenvalue weighted by atomic mass is 16.3. The lowest BCUT2D eigenvalue weighted by atomic mass is 10.3. The van der Waals surface area contributed by atoms with Gasteiger partial charge in [0.2, 0.25) is 23.2 Å². The van der Waals surface area contributed by atoms with Gasteiger partial charge in [0.25, 0.3) is 0 Å². The third-order valence-corrected chi connectivity index (χ3v) is 1.44. The number of rotatable bonds is 4. The van der Waals surface area contributed by atoms with E-state index in [2.05, 4.69) is 28.1 Å². The zero-order chi connectivity index (χ0) is 11.4. The molecule has 1 heterocycles. The van der Waals surface area contributed by atoms with Gasteiger partial charge in [-0.15, -0.1) is 0 Å². The topological polar surface area (TPSA) is 93.0 Å². The van der Waals surface area contributed by atoms with Gasteiger partial charge < -0.3 is 5.11 Å². The van der Waals surface area contributed by atoms with E-state index in [1.807, 2.05) is 0 Å². The first-order chi connectivity index (χ1) is 7.08. The molecule has 0 aromatic carbocycles. The third kappa shape index (κ3) is 2.31. The summed E-state index contributed by atoms with van der Waals surface area (Å²) in [5, 5.41) is 9.05. The smallest absolute Gasteiger partial charge is 0.318 e. The Morgan fingerprint density at radius 3 is 1.73 bits per heavy atom. The minimum Gasteiger partial charge on any atom is -0.479 e. The molecule has 1 aromatic heterocycles. The molecule has 0 saturated carbocycles. The predicted molar refractivity (Wildman–Crippen MR) is 50.5 cm³/mol. The lowest BCUT2D eigenvalue weighted by Gasteiger charge is -1.98. The van der Waals surface area contributed by atoms with E-state index in [1.54, 1.807) is 0 Å². The average Bonchev–Trinajstić information content (AvgIpc) is 2.26. The lowest BCUT2D eigenvalue weighted by molar-refractivity contribution is 0.102. The van der Waals surface area contributed by atoms with Crippen LogP contribution in [0.5, 0.6) is 6.01 Å². The molecule has 0 atom stereocenters. The molecule has 0 saturated heterocycles. The Kier molecular flexibility index (Phi) is 3.02. The van der Waals surface area contributed by atoms with Crippen LogP contribution >= 0.6 is 0 Å². The van der Waals surface area contributed by atoms with Crippen LogP contribution in [0.3, 0.4) is 0 Å². The number of ketones is 2. The summed E-state index contributed by atoms with van der Waals surface area (Å²) in [5.74, 6) is -1.87. The second kappa shape index (κ2) is 4.23. The van der Waals surface area contributed by atoms with E-state index in [1.165, 1.54) is 0 Å². The highest BCUT2D eigenvalue weighted by Crippen LogP contribution is 2.03. The summed E-state index contributed by atoms with van der Waals surface area (Å²) in [6.45, 7) is 6.45. The highest BCUT2D eigenvalue weighted by molar-refractivity contribution is 6.04. The molecule has 0 spiro atoms. The van der Waals surface area contributed by atoms with Crippen LogP contribution in [0, 0.1) is 0 Å². The summed E-state index contributed by atoms with van der Waals surface area (Å²) in [6, 6.07) is -0.694. The van der Waals surface area contributed by atoms with E-state index in [0.29, 0.717) is 0 Å². The molecule has 1 N–H and O–H groups in total. The molecule has 15 heavy (non-hydrogen) atoms. The van der Waals surface area contributed by atoms with Gasteiger partial charge in [0, 0.05) is 0 Å². The largest absolute Gasteiger partial charge is 0.479 e. The number of allylic oxidation sites excluding steroid dienone is 2. The van der Waals surface area contributed by atoms with E-state index in [9.17, 15) is 9.59 Å². The minimum atomic E-state index is -0.694. The van der Waals surface area contributed by atoms with Gasteiger partial charge >= 0.3 is 6.01 Å². The SMILES string of the molecule is C=CC(=O)c1nc(O)nc(C(=O)C=C)n1. The fraction of sp³-hybridized carbons (Fsp3) is 0. The van der Waals surface area contributed by atoms with Crippen molar-refractivity contribution in [2.75, 3.05) is 0 Å². The van der Waals surface area contributed by atoms with Gasteiger partial charge in [-0.3, -0.25) is 9.59 Å². The van der Waals surface area contributed by atoms with Crippen molar-refractivity contribution in [1.82, 2.24) is 15.0 Å². The number of aromatic hydroxyl groups is 1. The van der Waals surface area contributed by atoms with E-state index >= 15 is 0 Å². The number of hydrogen-bond acceptors (Lipinski definition) is 6. The molecule has 0 unspecified atom stereocenters. The molecule has 76 valence electrons. The Bertz CT molecular complexity index is 416. The van der Waals surface area contributed by atoms with Crippen molar-refractivity contribution < 1.29 is 14.7 Å². The van der Waals surface area contributed by atoms with E-state index < -0.39 is 17.6 Å². The van der Waals surface area contributed by atoms with E-state index in [-0.39, 0.29) is 11.6 Å². The molecule has 0 bridgehead atoms. The number of carbonyl (C=O) groups is 2. The summed E-state index contributed by atoms with van der Waals surface area (Å²) >= 11 is 0. The van der Waals surface area contributed by atoms with Gasteiger partial charge in [-0.2, -0.15) is 9.97 Å². The lowest BCUT2D eigenvalue weighted by Crippen LogP contribution is -2.10. The molecule has 0 aliphatic carbocycles. The van der Waals surface area contributed by atoms with Crippen LogP contribution in [-0.2, 0) is 0 Å². The Labute approximate surface area is 85.0 Å². The predicted octanol–water partition coefficient (Wildman–Crippen LogP) is 0.315. The molecular weight excluding hydrogens is 198 g/mol. The fourth-order valence-corrected chi connectivity index (χ4v) is 0.768. The van der Waals surface area contributed by atoms with Gasteiger partial charge in [0.1, 0.15) is 0 Å². The molecule has 1 aromatic rings. The third-order valence-electron chi connectivity index (χ3n) is 1.44. The standard InChI is InChI=1S/C9H7N3O3/c1-3-5(13)7-10-8(6(14)4-2)12-9(15)11-7/h3-4H,1-2H2,(H,10,11,12,15). The van der Waals surface area contributed by atoms with Crippen LogP contribution in [0.1, 0.15) is 21.2 Å². The second-order valence-corrected chi connectivity index (χ2v) is 2.42. The van der Waals surface area contributed by atoms with Crippen molar-refractivity contribution in [3.63, 3.8) is 0 Å². The molecule has 6 heteroatoms. The summed E-state index contributed by atoms with van der Waals surface area (Å²) in [5.41, 5.74) is 0. The minimum absolute atomic E-state index is 0.331. The van der Waals surface area contributed by atoms with Crippen LogP contribution < -0.4 is 0 Å². The Balaban J connectivity index is 3.27. The van der Waals surface area contributed by atoms with Crippen molar-refractivity contribution >= 4 is 11.6 Å². The van der Waals surface area contributed by atoms with Crippen molar-refractivity contribution in [2.24, 2.45) is 0 Å². The first-order valence-electron chi connectivity index (χ1n) is 3.87. The van der Waals surface area contributed by atoms with Crippen molar-refractivity contribution in [1.29, 1.82) is 0 Å². The van der Waals surface area contributed by atoms with Crippen LogP contribution in [0.2, 0.25) is 0 Å². The maximum absolute atomic E-state index is 11.1. The van der Waals surface area contributed by atoms with Crippen LogP contribution in [0.25, 0.3) is 0 Å². The second-order valence-electron chi connectivity index (χ2n) is 2.42. The van der Waals surface area contributed by atoms with Gasteiger partial charge in [-0.1, -0.05) is 13.2 Å². The van der Waals surface area contributed by atoms with Crippen molar-refractivity contribution in [3.05, 3.63) is 37.0 Å². The molecule has 0 aliphatic heterocycles. The van der Waals surface area contributed by atoms with Crippen LogP contribution in [0.15, 0.2) is 25.3 Å². The molecule has 0 fully saturated rings. The molecule has 0 radical (unpaired) electrons. The van der Waals surface area contributed by atoms with E-state index in [0.717, 1.165) is 12.2 Å². The molecule has 6 nitrogen and oxygen atoms in total. The molecular formula is C9H7N3O3. The summed E-state index contributed by atoms with van der Waals surface area (Å²) < 4.78 is 0. The Morgan fingerprint density at radius 2 is 1.40 bits per heavy atom. The van der Waals surface area contributed by atoms with E-state index in [4.69, 9.17) is 5.11 Å². The van der Waals surface area contributed by atoms with Gasteiger partial charge in [-0.05, 0) is 12.2 Å². The number of carbonyl (C=O) groups excluding carboxylic acids is 2. The maximum atomic E-state index is 11.1. The average molecular weight is 205 g/mol. The Morgan fingerprint density at radius 1 is 1.00 bits per heavy atom. The summed E-state index contributed by atoms with van der Waals surface area (Å²) in [7, 11) is 0. The van der Waals surface area contributed by atoms with Crippen molar-refractivity contribution in [3.8, 4) is 6.01 Å². The maximum Gasteiger partial charge on any atom is 0.318 e. The van der Waals surface area contributed by atoms with Gasteiger partial charge in [0.05, 0.1) is 0 Å². The monoisotopic (exact) mass is 205 g/mol.